The lowest BCUT2D eigenvalue weighted by Gasteiger charge is -2.38. The van der Waals surface area contributed by atoms with Crippen molar-refractivity contribution in [2.24, 2.45) is 5.92 Å². The largest absolute Gasteiger partial charge is 0.351 e. The highest BCUT2D eigenvalue weighted by Crippen LogP contribution is 2.32. The van der Waals surface area contributed by atoms with Gasteiger partial charge >= 0.3 is 0 Å². The number of anilines is 1. The van der Waals surface area contributed by atoms with Crippen LogP contribution in [0.1, 0.15) is 43.2 Å². The van der Waals surface area contributed by atoms with E-state index < -0.39 is 0 Å². The van der Waals surface area contributed by atoms with Gasteiger partial charge in [-0.25, -0.2) is 9.97 Å². The molecule has 5 rings (SSSR count). The molecule has 0 unspecified atom stereocenters. The zero-order chi connectivity index (χ0) is 22.1. The minimum Gasteiger partial charge on any atom is -0.351 e. The number of aryl methyl sites for hydroxylation is 2. The molecule has 2 aliphatic rings. The highest BCUT2D eigenvalue weighted by atomic mass is 16.2. The van der Waals surface area contributed by atoms with E-state index in [9.17, 15) is 4.79 Å². The molecule has 1 aliphatic carbocycles. The maximum absolute atomic E-state index is 13.0. The first-order valence-electron chi connectivity index (χ1n) is 12.0. The SMILES string of the molecule is Cc1cc2nc(-c3ccccc3)c(N3CCN(C(=O)C4CCCCC4)CC3)nc2cc1C. The van der Waals surface area contributed by atoms with Crippen LogP contribution in [0.5, 0.6) is 0 Å². The average molecular weight is 429 g/mol. The minimum atomic E-state index is 0.238. The minimum absolute atomic E-state index is 0.238. The molecule has 0 radical (unpaired) electrons. The maximum atomic E-state index is 13.0. The number of benzene rings is 2. The fraction of sp³-hybridized carbons (Fsp3) is 0.444. The Morgan fingerprint density at radius 2 is 1.47 bits per heavy atom. The van der Waals surface area contributed by atoms with Gasteiger partial charge in [-0.05, 0) is 49.9 Å². The van der Waals surface area contributed by atoms with Crippen molar-refractivity contribution >= 4 is 22.8 Å². The number of hydrogen-bond acceptors (Lipinski definition) is 4. The molecule has 2 fully saturated rings. The molecule has 1 saturated carbocycles. The Bertz CT molecular complexity index is 1110. The summed E-state index contributed by atoms with van der Waals surface area (Å²) in [7, 11) is 0. The first-order chi connectivity index (χ1) is 15.6. The summed E-state index contributed by atoms with van der Waals surface area (Å²) in [5, 5.41) is 0. The second-order valence-corrected chi connectivity index (χ2v) is 9.33. The Morgan fingerprint density at radius 3 is 2.12 bits per heavy atom. The fourth-order valence-electron chi connectivity index (χ4n) is 5.06. The lowest BCUT2D eigenvalue weighted by molar-refractivity contribution is -0.136. The van der Waals surface area contributed by atoms with E-state index in [0.29, 0.717) is 5.91 Å². The van der Waals surface area contributed by atoms with Crippen molar-refractivity contribution in [1.29, 1.82) is 0 Å². The first-order valence-corrected chi connectivity index (χ1v) is 12.0. The van der Waals surface area contributed by atoms with Crippen LogP contribution in [0.3, 0.4) is 0 Å². The average Bonchev–Trinajstić information content (AvgIpc) is 2.85. The third kappa shape index (κ3) is 4.08. The van der Waals surface area contributed by atoms with Crippen molar-refractivity contribution in [2.45, 2.75) is 46.0 Å². The molecule has 0 spiro atoms. The molecule has 2 aromatic carbocycles. The number of nitrogens with zero attached hydrogens (tertiary/aromatic N) is 4. The number of carbonyl (C=O) groups excluding carboxylic acids is 1. The highest BCUT2D eigenvalue weighted by molar-refractivity contribution is 5.85. The number of carbonyl (C=O) groups is 1. The molecule has 0 atom stereocenters. The Labute approximate surface area is 190 Å². The van der Waals surface area contributed by atoms with E-state index in [0.717, 1.165) is 67.1 Å². The van der Waals surface area contributed by atoms with Gasteiger partial charge in [-0.2, -0.15) is 0 Å². The summed E-state index contributed by atoms with van der Waals surface area (Å²) in [6.07, 6.45) is 5.79. The fourth-order valence-corrected chi connectivity index (χ4v) is 5.06. The standard InChI is InChI=1S/C27H32N4O/c1-19-17-23-24(18-20(19)2)29-26(25(28-23)21-9-5-3-6-10-21)30-13-15-31(16-14-30)27(32)22-11-7-4-8-12-22/h3,5-6,9-10,17-18,22H,4,7-8,11-16H2,1-2H3. The summed E-state index contributed by atoms with van der Waals surface area (Å²) in [6.45, 7) is 7.35. The Morgan fingerprint density at radius 1 is 0.844 bits per heavy atom. The molecule has 0 bridgehead atoms. The summed E-state index contributed by atoms with van der Waals surface area (Å²) in [4.78, 5) is 27.6. The summed E-state index contributed by atoms with van der Waals surface area (Å²) >= 11 is 0. The number of aromatic nitrogens is 2. The Balaban J connectivity index is 1.44. The van der Waals surface area contributed by atoms with Crippen molar-refractivity contribution < 1.29 is 4.79 Å². The van der Waals surface area contributed by atoms with Crippen molar-refractivity contribution in [3.63, 3.8) is 0 Å². The van der Waals surface area contributed by atoms with Gasteiger partial charge in [0.1, 0.15) is 5.69 Å². The van der Waals surface area contributed by atoms with E-state index in [-0.39, 0.29) is 5.92 Å². The van der Waals surface area contributed by atoms with E-state index in [2.05, 4.69) is 47.9 Å². The summed E-state index contributed by atoms with van der Waals surface area (Å²) in [5.74, 6) is 1.53. The number of fused-ring (bicyclic) bond motifs is 1. The van der Waals surface area contributed by atoms with Gasteiger partial charge in [0, 0.05) is 37.7 Å². The molecule has 1 aliphatic heterocycles. The van der Waals surface area contributed by atoms with Gasteiger partial charge in [-0.15, -0.1) is 0 Å². The van der Waals surface area contributed by atoms with Gasteiger partial charge in [0.15, 0.2) is 5.82 Å². The van der Waals surface area contributed by atoms with Crippen molar-refractivity contribution in [3.8, 4) is 11.3 Å². The molecule has 2 heterocycles. The predicted octanol–water partition coefficient (Wildman–Crippen LogP) is 5.14. The summed E-state index contributed by atoms with van der Waals surface area (Å²) in [6, 6.07) is 14.6. The van der Waals surface area contributed by atoms with Crippen LogP contribution < -0.4 is 4.90 Å². The van der Waals surface area contributed by atoms with Gasteiger partial charge in [0.05, 0.1) is 11.0 Å². The molecule has 1 aromatic heterocycles. The second kappa shape index (κ2) is 8.89. The van der Waals surface area contributed by atoms with Gasteiger partial charge in [0.2, 0.25) is 5.91 Å². The quantitative estimate of drug-likeness (QED) is 0.579. The predicted molar refractivity (Wildman–Crippen MR) is 130 cm³/mol. The summed E-state index contributed by atoms with van der Waals surface area (Å²) in [5.41, 5.74) is 6.33. The normalized spacial score (nSPS) is 17.7. The number of piperazine rings is 1. The molecule has 5 nitrogen and oxygen atoms in total. The van der Waals surface area contributed by atoms with E-state index in [1.807, 2.05) is 18.2 Å². The van der Waals surface area contributed by atoms with Crippen molar-refractivity contribution in [1.82, 2.24) is 14.9 Å². The second-order valence-electron chi connectivity index (χ2n) is 9.33. The molecule has 32 heavy (non-hydrogen) atoms. The van der Waals surface area contributed by atoms with Crippen LogP contribution in [0, 0.1) is 19.8 Å². The number of hydrogen-bond donors (Lipinski definition) is 0. The van der Waals surface area contributed by atoms with Crippen LogP contribution in [0.2, 0.25) is 0 Å². The summed E-state index contributed by atoms with van der Waals surface area (Å²) < 4.78 is 0. The van der Waals surface area contributed by atoms with Crippen LogP contribution in [-0.4, -0.2) is 47.0 Å². The van der Waals surface area contributed by atoms with Crippen LogP contribution in [-0.2, 0) is 4.79 Å². The van der Waals surface area contributed by atoms with Crippen LogP contribution in [0.25, 0.3) is 22.3 Å². The molecule has 1 amide bonds. The van der Waals surface area contributed by atoms with E-state index >= 15 is 0 Å². The lowest BCUT2D eigenvalue weighted by Crippen LogP contribution is -2.51. The van der Waals surface area contributed by atoms with E-state index in [1.54, 1.807) is 0 Å². The van der Waals surface area contributed by atoms with E-state index in [4.69, 9.17) is 9.97 Å². The molecule has 0 N–H and O–H groups in total. The molecular formula is C27H32N4O. The number of rotatable bonds is 3. The Kier molecular flexibility index (Phi) is 5.81. The third-order valence-corrected chi connectivity index (χ3v) is 7.15. The van der Waals surface area contributed by atoms with Crippen LogP contribution >= 0.6 is 0 Å². The molecule has 5 heteroatoms. The molecular weight excluding hydrogens is 396 g/mol. The zero-order valence-corrected chi connectivity index (χ0v) is 19.2. The molecule has 3 aromatic rings. The van der Waals surface area contributed by atoms with Gasteiger partial charge in [-0.1, -0.05) is 49.6 Å². The van der Waals surface area contributed by atoms with Gasteiger partial charge in [-0.3, -0.25) is 4.79 Å². The van der Waals surface area contributed by atoms with E-state index in [1.165, 1.54) is 30.4 Å². The third-order valence-electron chi connectivity index (χ3n) is 7.15. The topological polar surface area (TPSA) is 49.3 Å². The highest BCUT2D eigenvalue weighted by Gasteiger charge is 2.29. The monoisotopic (exact) mass is 428 g/mol. The first kappa shape index (κ1) is 20.9. The Hall–Kier alpha value is -2.95. The van der Waals surface area contributed by atoms with Crippen LogP contribution in [0.4, 0.5) is 5.82 Å². The number of amides is 1. The maximum Gasteiger partial charge on any atom is 0.225 e. The zero-order valence-electron chi connectivity index (χ0n) is 19.2. The van der Waals surface area contributed by atoms with Gasteiger partial charge < -0.3 is 9.80 Å². The molecule has 166 valence electrons. The van der Waals surface area contributed by atoms with Crippen molar-refractivity contribution in [2.75, 3.05) is 31.1 Å². The lowest BCUT2D eigenvalue weighted by atomic mass is 9.88. The smallest absolute Gasteiger partial charge is 0.225 e. The van der Waals surface area contributed by atoms with Crippen LogP contribution in [0.15, 0.2) is 42.5 Å². The molecule has 1 saturated heterocycles. The van der Waals surface area contributed by atoms with Gasteiger partial charge in [0.25, 0.3) is 0 Å². The van der Waals surface area contributed by atoms with Crippen molar-refractivity contribution in [3.05, 3.63) is 53.6 Å².